The van der Waals surface area contributed by atoms with Crippen LogP contribution in [-0.4, -0.2) is 50.6 Å². The van der Waals surface area contributed by atoms with Crippen molar-refractivity contribution in [1.29, 1.82) is 0 Å². The van der Waals surface area contributed by atoms with E-state index in [1.54, 1.807) is 23.6 Å². The molecule has 1 aromatic carbocycles. The van der Waals surface area contributed by atoms with Gasteiger partial charge in [-0.1, -0.05) is 42.1 Å². The zero-order valence-electron chi connectivity index (χ0n) is 14.1. The number of nitrogens with zero attached hydrogens (tertiary/aromatic N) is 4. The first-order valence-electron chi connectivity index (χ1n) is 8.00. The molecule has 0 fully saturated rings. The fourth-order valence-electron chi connectivity index (χ4n) is 2.19. The van der Waals surface area contributed by atoms with Crippen molar-refractivity contribution in [1.82, 2.24) is 25.1 Å². The Morgan fingerprint density at radius 2 is 1.96 bits per heavy atom. The lowest BCUT2D eigenvalue weighted by atomic mass is 10.2. The van der Waals surface area contributed by atoms with E-state index in [2.05, 4.69) is 20.6 Å². The Balaban J connectivity index is 1.66. The molecule has 2 aromatic heterocycles. The lowest BCUT2D eigenvalue weighted by Gasteiger charge is -2.05. The molecule has 1 amide bonds. The number of carbonyl (C=O) groups is 2. The fourth-order valence-corrected chi connectivity index (χ4v) is 2.87. The number of thioether (sulfide) groups is 1. The summed E-state index contributed by atoms with van der Waals surface area (Å²) in [5.41, 5.74) is 1.53. The van der Waals surface area contributed by atoms with Crippen LogP contribution < -0.4 is 5.32 Å². The molecule has 0 spiro atoms. The van der Waals surface area contributed by atoms with Crippen molar-refractivity contribution < 1.29 is 14.3 Å². The summed E-state index contributed by atoms with van der Waals surface area (Å²) in [5.74, 6) is 0.0509. The number of rotatable bonds is 7. The van der Waals surface area contributed by atoms with Crippen LogP contribution in [0.2, 0.25) is 0 Å². The summed E-state index contributed by atoms with van der Waals surface area (Å²) in [5, 5.41) is 15.9. The van der Waals surface area contributed by atoms with Gasteiger partial charge in [-0.05, 0) is 19.1 Å². The maximum atomic E-state index is 11.8. The molecule has 0 aliphatic heterocycles. The summed E-state index contributed by atoms with van der Waals surface area (Å²) in [6, 6.07) is 13.2. The number of aromatic nitrogens is 4. The minimum atomic E-state index is -0.456. The Bertz CT molecular complexity index is 913. The third-order valence-electron chi connectivity index (χ3n) is 3.36. The van der Waals surface area contributed by atoms with E-state index >= 15 is 0 Å². The molecule has 2 heterocycles. The molecule has 0 aliphatic carbocycles. The number of benzene rings is 1. The Hall–Kier alpha value is -2.94. The fraction of sp³-hybridized carbons (Fsp3) is 0.235. The molecule has 0 unspecified atom stereocenters. The van der Waals surface area contributed by atoms with E-state index in [0.29, 0.717) is 16.5 Å². The van der Waals surface area contributed by atoms with Gasteiger partial charge in [-0.25, -0.2) is 0 Å². The van der Waals surface area contributed by atoms with Crippen LogP contribution in [0.15, 0.2) is 47.5 Å². The van der Waals surface area contributed by atoms with Crippen LogP contribution in [0.1, 0.15) is 6.92 Å². The minimum Gasteiger partial charge on any atom is -0.465 e. The molecule has 8 nitrogen and oxygen atoms in total. The van der Waals surface area contributed by atoms with E-state index in [4.69, 9.17) is 4.74 Å². The molecular formula is C17H17N5O3S. The number of amides is 1. The SMILES string of the molecule is CCOC(=O)CNC(=O)CSc1ccc2nnc(-c3ccccc3)n2n1. The molecule has 0 aliphatic rings. The van der Waals surface area contributed by atoms with Gasteiger partial charge in [0, 0.05) is 5.56 Å². The van der Waals surface area contributed by atoms with Gasteiger partial charge >= 0.3 is 5.97 Å². The summed E-state index contributed by atoms with van der Waals surface area (Å²) in [7, 11) is 0. The number of carbonyl (C=O) groups excluding carboxylic acids is 2. The lowest BCUT2D eigenvalue weighted by Crippen LogP contribution is -2.31. The second kappa shape index (κ2) is 8.43. The van der Waals surface area contributed by atoms with E-state index in [1.165, 1.54) is 11.8 Å². The largest absolute Gasteiger partial charge is 0.465 e. The van der Waals surface area contributed by atoms with Crippen LogP contribution >= 0.6 is 11.8 Å². The van der Waals surface area contributed by atoms with Crippen LogP contribution in [0.4, 0.5) is 0 Å². The molecule has 3 rings (SSSR count). The van der Waals surface area contributed by atoms with Crippen LogP contribution in [0, 0.1) is 0 Å². The summed E-state index contributed by atoms with van der Waals surface area (Å²) in [6.45, 7) is 1.87. The van der Waals surface area contributed by atoms with Crippen LogP contribution in [0.25, 0.3) is 17.0 Å². The molecule has 134 valence electrons. The number of hydrogen-bond donors (Lipinski definition) is 1. The first-order chi connectivity index (χ1) is 12.7. The van der Waals surface area contributed by atoms with Gasteiger partial charge in [0.25, 0.3) is 0 Å². The molecule has 9 heteroatoms. The van der Waals surface area contributed by atoms with Crippen molar-refractivity contribution in [2.75, 3.05) is 18.9 Å². The highest BCUT2D eigenvalue weighted by molar-refractivity contribution is 7.99. The summed E-state index contributed by atoms with van der Waals surface area (Å²) < 4.78 is 6.41. The van der Waals surface area contributed by atoms with E-state index in [9.17, 15) is 9.59 Å². The Kier molecular flexibility index (Phi) is 5.80. The van der Waals surface area contributed by atoms with Gasteiger partial charge in [-0.15, -0.1) is 10.2 Å². The Morgan fingerprint density at radius 1 is 1.15 bits per heavy atom. The van der Waals surface area contributed by atoms with Crippen LogP contribution in [0.3, 0.4) is 0 Å². The minimum absolute atomic E-state index is 0.136. The highest BCUT2D eigenvalue weighted by atomic mass is 32.2. The van der Waals surface area contributed by atoms with Gasteiger partial charge in [0.2, 0.25) is 5.91 Å². The first-order valence-corrected chi connectivity index (χ1v) is 8.99. The molecule has 0 saturated carbocycles. The monoisotopic (exact) mass is 371 g/mol. The molecule has 0 saturated heterocycles. The van der Waals surface area contributed by atoms with Crippen molar-refractivity contribution in [3.8, 4) is 11.4 Å². The Labute approximate surface area is 154 Å². The highest BCUT2D eigenvalue weighted by Crippen LogP contribution is 2.20. The predicted octanol–water partition coefficient (Wildman–Crippen LogP) is 1.56. The molecular weight excluding hydrogens is 354 g/mol. The molecule has 0 atom stereocenters. The first kappa shape index (κ1) is 17.9. The molecule has 0 radical (unpaired) electrons. The quantitative estimate of drug-likeness (QED) is 0.497. The van der Waals surface area contributed by atoms with Gasteiger partial charge < -0.3 is 10.1 Å². The number of nitrogens with one attached hydrogen (secondary N) is 1. The normalized spacial score (nSPS) is 10.7. The maximum Gasteiger partial charge on any atom is 0.325 e. The number of hydrogen-bond acceptors (Lipinski definition) is 7. The van der Waals surface area contributed by atoms with Crippen molar-refractivity contribution >= 4 is 29.3 Å². The number of fused-ring (bicyclic) bond motifs is 1. The molecule has 3 aromatic rings. The van der Waals surface area contributed by atoms with Gasteiger partial charge in [-0.3, -0.25) is 9.59 Å². The maximum absolute atomic E-state index is 11.8. The van der Waals surface area contributed by atoms with Crippen LogP contribution in [0.5, 0.6) is 0 Å². The molecule has 1 N–H and O–H groups in total. The van der Waals surface area contributed by atoms with Crippen molar-refractivity contribution in [2.24, 2.45) is 0 Å². The van der Waals surface area contributed by atoms with Crippen molar-refractivity contribution in [3.05, 3.63) is 42.5 Å². The van der Waals surface area contributed by atoms with Gasteiger partial charge in [0.05, 0.1) is 12.4 Å². The predicted molar refractivity (Wildman–Crippen MR) is 96.6 cm³/mol. The van der Waals surface area contributed by atoms with E-state index in [1.807, 2.05) is 30.3 Å². The second-order valence-corrected chi connectivity index (χ2v) is 6.20. The zero-order chi connectivity index (χ0) is 18.4. The van der Waals surface area contributed by atoms with Gasteiger partial charge in [-0.2, -0.15) is 9.61 Å². The van der Waals surface area contributed by atoms with Crippen molar-refractivity contribution in [2.45, 2.75) is 11.9 Å². The summed E-state index contributed by atoms with van der Waals surface area (Å²) >= 11 is 1.26. The standard InChI is InChI=1S/C17H17N5O3S/c1-2-25-16(24)10-18-14(23)11-26-15-9-8-13-19-20-17(22(13)21-15)12-6-4-3-5-7-12/h3-9H,2,10-11H2,1H3,(H,18,23). The summed E-state index contributed by atoms with van der Waals surface area (Å²) in [6.07, 6.45) is 0. The van der Waals surface area contributed by atoms with E-state index < -0.39 is 5.97 Å². The highest BCUT2D eigenvalue weighted by Gasteiger charge is 2.11. The number of esters is 1. The van der Waals surface area contributed by atoms with Crippen LogP contribution in [-0.2, 0) is 14.3 Å². The second-order valence-electron chi connectivity index (χ2n) is 5.20. The third-order valence-corrected chi connectivity index (χ3v) is 4.28. The average molecular weight is 371 g/mol. The third kappa shape index (κ3) is 4.37. The van der Waals surface area contributed by atoms with E-state index in [0.717, 1.165) is 5.56 Å². The van der Waals surface area contributed by atoms with Gasteiger partial charge in [0.15, 0.2) is 11.5 Å². The number of ether oxygens (including phenoxy) is 1. The van der Waals surface area contributed by atoms with Crippen molar-refractivity contribution in [3.63, 3.8) is 0 Å². The van der Waals surface area contributed by atoms with Gasteiger partial charge in [0.1, 0.15) is 11.6 Å². The molecule has 0 bridgehead atoms. The zero-order valence-corrected chi connectivity index (χ0v) is 14.9. The topological polar surface area (TPSA) is 98.5 Å². The molecule has 26 heavy (non-hydrogen) atoms. The lowest BCUT2D eigenvalue weighted by molar-refractivity contribution is -0.143. The smallest absolute Gasteiger partial charge is 0.325 e. The Morgan fingerprint density at radius 3 is 2.73 bits per heavy atom. The average Bonchev–Trinajstić information content (AvgIpc) is 3.09. The summed E-state index contributed by atoms with van der Waals surface area (Å²) in [4.78, 5) is 23.1. The van der Waals surface area contributed by atoms with E-state index in [-0.39, 0.29) is 24.8 Å².